The number of nitro benzene ring substituents is 1. The number of fused-ring (bicyclic) bond motifs is 1. The summed E-state index contributed by atoms with van der Waals surface area (Å²) in [5, 5.41) is 18.0. The highest BCUT2D eigenvalue weighted by atomic mass is 16.6. The Hall–Kier alpha value is -4.99. The van der Waals surface area contributed by atoms with Gasteiger partial charge in [0.1, 0.15) is 11.3 Å². The monoisotopic (exact) mass is 486 g/mol. The summed E-state index contributed by atoms with van der Waals surface area (Å²) < 4.78 is 11.0. The number of nitrogens with one attached hydrogen (secondary N) is 2. The van der Waals surface area contributed by atoms with E-state index in [1.807, 2.05) is 32.0 Å². The lowest BCUT2D eigenvalue weighted by Crippen LogP contribution is -2.20. The number of hydrazone groups is 1. The first-order chi connectivity index (χ1) is 17.3. The molecule has 0 atom stereocenters. The molecule has 0 saturated carbocycles. The van der Waals surface area contributed by atoms with Crippen molar-refractivity contribution in [1.82, 2.24) is 5.43 Å². The smallest absolute Gasteiger partial charge is 0.307 e. The van der Waals surface area contributed by atoms with Crippen LogP contribution in [0, 0.1) is 24.0 Å². The fraction of sp³-hybridized carbons (Fsp3) is 0.115. The van der Waals surface area contributed by atoms with E-state index in [-0.39, 0.29) is 24.0 Å². The van der Waals surface area contributed by atoms with E-state index in [0.717, 1.165) is 11.1 Å². The zero-order chi connectivity index (χ0) is 25.7. The first-order valence-electron chi connectivity index (χ1n) is 10.9. The minimum atomic E-state index is -0.611. The molecule has 2 amide bonds. The number of ether oxygens (including phenoxy) is 1. The Kier molecular flexibility index (Phi) is 7.05. The average Bonchev–Trinajstić information content (AvgIpc) is 3.29. The van der Waals surface area contributed by atoms with Crippen molar-refractivity contribution in [3.05, 3.63) is 99.3 Å². The van der Waals surface area contributed by atoms with Gasteiger partial charge in [-0.25, -0.2) is 5.43 Å². The summed E-state index contributed by atoms with van der Waals surface area (Å²) in [6, 6.07) is 18.0. The molecule has 0 saturated heterocycles. The summed E-state index contributed by atoms with van der Waals surface area (Å²) in [4.78, 5) is 34.9. The van der Waals surface area contributed by atoms with Crippen LogP contribution in [0.4, 0.5) is 11.4 Å². The Morgan fingerprint density at radius 3 is 2.67 bits per heavy atom. The van der Waals surface area contributed by atoms with E-state index >= 15 is 0 Å². The summed E-state index contributed by atoms with van der Waals surface area (Å²) in [6.45, 7) is 3.80. The van der Waals surface area contributed by atoms with Crippen LogP contribution in [-0.4, -0.2) is 29.6 Å². The molecule has 0 radical (unpaired) electrons. The molecule has 10 heteroatoms. The van der Waals surface area contributed by atoms with Gasteiger partial charge in [0, 0.05) is 23.2 Å². The molecule has 0 aliphatic rings. The number of aryl methyl sites for hydroxylation is 2. The Morgan fingerprint density at radius 2 is 1.89 bits per heavy atom. The molecule has 1 heterocycles. The fourth-order valence-corrected chi connectivity index (χ4v) is 3.33. The van der Waals surface area contributed by atoms with Crippen molar-refractivity contribution >= 4 is 40.4 Å². The topological polar surface area (TPSA) is 136 Å². The predicted octanol–water partition coefficient (Wildman–Crippen LogP) is 4.74. The Morgan fingerprint density at radius 1 is 1.06 bits per heavy atom. The number of hydrogen-bond acceptors (Lipinski definition) is 7. The largest absolute Gasteiger partial charge is 0.484 e. The average molecular weight is 486 g/mol. The molecule has 4 aromatic rings. The Bertz CT molecular complexity index is 1490. The number of rotatable bonds is 8. The van der Waals surface area contributed by atoms with E-state index in [4.69, 9.17) is 9.15 Å². The summed E-state index contributed by atoms with van der Waals surface area (Å²) in [6.07, 6.45) is 1.41. The fourth-order valence-electron chi connectivity index (χ4n) is 3.33. The Labute approximate surface area is 205 Å². The van der Waals surface area contributed by atoms with E-state index in [1.165, 1.54) is 30.5 Å². The van der Waals surface area contributed by atoms with Gasteiger partial charge in [0.25, 0.3) is 11.6 Å². The maximum absolute atomic E-state index is 12.3. The number of nitrogens with zero attached hydrogens (tertiary/aromatic N) is 2. The second-order valence-electron chi connectivity index (χ2n) is 8.00. The highest BCUT2D eigenvalue weighted by Gasteiger charge is 2.14. The van der Waals surface area contributed by atoms with Gasteiger partial charge in [-0.15, -0.1) is 0 Å². The summed E-state index contributed by atoms with van der Waals surface area (Å²) in [5.41, 5.74) is 6.15. The first kappa shape index (κ1) is 24.1. The van der Waals surface area contributed by atoms with Crippen molar-refractivity contribution in [3.8, 4) is 5.75 Å². The number of non-ortho nitro benzene ring substituents is 1. The molecule has 0 spiro atoms. The highest BCUT2D eigenvalue weighted by molar-refractivity contribution is 5.97. The van der Waals surface area contributed by atoms with Crippen LogP contribution in [0.25, 0.3) is 11.0 Å². The first-order valence-corrected chi connectivity index (χ1v) is 10.9. The van der Waals surface area contributed by atoms with Gasteiger partial charge < -0.3 is 14.5 Å². The van der Waals surface area contributed by atoms with Gasteiger partial charge in [0.05, 0.1) is 11.1 Å². The Balaban J connectivity index is 1.32. The van der Waals surface area contributed by atoms with E-state index in [2.05, 4.69) is 15.8 Å². The number of amides is 2. The molecule has 182 valence electrons. The van der Waals surface area contributed by atoms with Crippen molar-refractivity contribution in [1.29, 1.82) is 0 Å². The van der Waals surface area contributed by atoms with Crippen molar-refractivity contribution in [2.45, 2.75) is 13.8 Å². The van der Waals surface area contributed by atoms with Crippen LogP contribution >= 0.6 is 0 Å². The van der Waals surface area contributed by atoms with Crippen LogP contribution in [0.15, 0.2) is 76.2 Å². The van der Waals surface area contributed by atoms with Crippen LogP contribution in [-0.2, 0) is 4.79 Å². The van der Waals surface area contributed by atoms with Gasteiger partial charge in [0.15, 0.2) is 12.4 Å². The summed E-state index contributed by atoms with van der Waals surface area (Å²) in [7, 11) is 0. The zero-order valence-electron chi connectivity index (χ0n) is 19.5. The molecular weight excluding hydrogens is 464 g/mol. The van der Waals surface area contributed by atoms with Crippen molar-refractivity contribution in [3.63, 3.8) is 0 Å². The van der Waals surface area contributed by atoms with Crippen molar-refractivity contribution in [2.75, 3.05) is 11.9 Å². The molecule has 0 bridgehead atoms. The molecule has 36 heavy (non-hydrogen) atoms. The van der Waals surface area contributed by atoms with Gasteiger partial charge in [-0.3, -0.25) is 19.7 Å². The van der Waals surface area contributed by atoms with Gasteiger partial charge in [-0.1, -0.05) is 18.2 Å². The molecule has 1 aromatic heterocycles. The normalized spacial score (nSPS) is 10.9. The minimum Gasteiger partial charge on any atom is -0.484 e. The standard InChI is InChI=1S/C26H22N4O6/c1-16-6-7-20(10-17(16)2)28-25(31)15-35-22-5-3-4-18(11-22)14-27-29-26(32)24-13-19-12-21(30(33)34)8-9-23(19)36-24/h3-14H,15H2,1-2H3,(H,28,31)(H,29,32)/b27-14-. The second-order valence-corrected chi connectivity index (χ2v) is 8.00. The third-order valence-electron chi connectivity index (χ3n) is 5.33. The van der Waals surface area contributed by atoms with Crippen molar-refractivity contribution < 1.29 is 23.7 Å². The van der Waals surface area contributed by atoms with Crippen LogP contribution in [0.1, 0.15) is 27.2 Å². The van der Waals surface area contributed by atoms with Gasteiger partial charge >= 0.3 is 5.91 Å². The van der Waals surface area contributed by atoms with E-state index in [1.54, 1.807) is 24.3 Å². The lowest BCUT2D eigenvalue weighted by Gasteiger charge is -2.09. The number of anilines is 1. The summed E-state index contributed by atoms with van der Waals surface area (Å²) in [5.74, 6) is -0.477. The quantitative estimate of drug-likeness (QED) is 0.210. The van der Waals surface area contributed by atoms with E-state index < -0.39 is 10.8 Å². The van der Waals surface area contributed by atoms with Crippen LogP contribution in [0.3, 0.4) is 0 Å². The number of furan rings is 1. The molecule has 0 unspecified atom stereocenters. The van der Waals surface area contributed by atoms with Crippen LogP contribution in [0.5, 0.6) is 5.75 Å². The molecule has 2 N–H and O–H groups in total. The number of nitro groups is 1. The molecule has 0 aliphatic carbocycles. The maximum Gasteiger partial charge on any atom is 0.307 e. The molecule has 10 nitrogen and oxygen atoms in total. The SMILES string of the molecule is Cc1ccc(NC(=O)COc2cccc(/C=N\NC(=O)c3cc4cc([N+](=O)[O-])ccc4o3)c2)cc1C. The van der Waals surface area contributed by atoms with Gasteiger partial charge in [-0.05, 0) is 66.9 Å². The van der Waals surface area contributed by atoms with Gasteiger partial charge in [0.2, 0.25) is 0 Å². The molecule has 0 aliphatic heterocycles. The second kappa shape index (κ2) is 10.5. The van der Waals surface area contributed by atoms with Crippen LogP contribution in [0.2, 0.25) is 0 Å². The highest BCUT2D eigenvalue weighted by Crippen LogP contribution is 2.24. The zero-order valence-corrected chi connectivity index (χ0v) is 19.5. The minimum absolute atomic E-state index is 0.0329. The predicted molar refractivity (Wildman–Crippen MR) is 134 cm³/mol. The molecule has 0 fully saturated rings. The number of hydrogen-bond donors (Lipinski definition) is 2. The van der Waals surface area contributed by atoms with E-state index in [9.17, 15) is 19.7 Å². The molecule has 3 aromatic carbocycles. The van der Waals surface area contributed by atoms with E-state index in [0.29, 0.717) is 28.0 Å². The third kappa shape index (κ3) is 5.92. The van der Waals surface area contributed by atoms with Crippen LogP contribution < -0.4 is 15.5 Å². The van der Waals surface area contributed by atoms with Gasteiger partial charge in [-0.2, -0.15) is 5.10 Å². The number of carbonyl (C=O) groups is 2. The number of carbonyl (C=O) groups excluding carboxylic acids is 2. The molecule has 4 rings (SSSR count). The number of benzene rings is 3. The summed E-state index contributed by atoms with van der Waals surface area (Å²) >= 11 is 0. The van der Waals surface area contributed by atoms with Crippen molar-refractivity contribution in [2.24, 2.45) is 5.10 Å². The lowest BCUT2D eigenvalue weighted by molar-refractivity contribution is -0.384. The lowest BCUT2D eigenvalue weighted by atomic mass is 10.1. The maximum atomic E-state index is 12.3. The molecular formula is C26H22N4O6. The third-order valence-corrected chi connectivity index (χ3v) is 5.33.